The quantitative estimate of drug-likeness (QED) is 0.0853. The van der Waals surface area contributed by atoms with Gasteiger partial charge in [0.05, 0.1) is 11.5 Å². The highest BCUT2D eigenvalue weighted by Crippen LogP contribution is 2.60. The lowest BCUT2D eigenvalue weighted by molar-refractivity contribution is -0.0212. The number of hydrogen-bond acceptors (Lipinski definition) is 18. The van der Waals surface area contributed by atoms with Crippen molar-refractivity contribution in [1.29, 1.82) is 0 Å². The number of ether oxygens (including phenoxy) is 4. The van der Waals surface area contributed by atoms with Crippen molar-refractivity contribution in [2.75, 3.05) is 0 Å². The van der Waals surface area contributed by atoms with Gasteiger partial charge in [0, 0.05) is 52.4 Å². The summed E-state index contributed by atoms with van der Waals surface area (Å²) in [6.07, 6.45) is -7.35. The Hall–Kier alpha value is -7.47. The van der Waals surface area contributed by atoms with E-state index in [1.807, 2.05) is 0 Å². The molecule has 5 atom stereocenters. The van der Waals surface area contributed by atoms with Crippen molar-refractivity contribution in [2.45, 2.75) is 36.8 Å². The summed E-state index contributed by atoms with van der Waals surface area (Å²) in [6.45, 7) is 0. The van der Waals surface area contributed by atoms with Crippen LogP contribution < -0.4 is 14.2 Å². The highest BCUT2D eigenvalue weighted by atomic mass is 16.6. The molecule has 13 N–H and O–H groups in total. The van der Waals surface area contributed by atoms with E-state index in [9.17, 15) is 71.2 Å². The molecule has 284 valence electrons. The Morgan fingerprint density at radius 3 is 1.89 bits per heavy atom. The summed E-state index contributed by atoms with van der Waals surface area (Å²) < 4.78 is 23.9. The summed E-state index contributed by atoms with van der Waals surface area (Å²) in [5.41, 5.74) is -1.82. The Balaban J connectivity index is 1.47. The van der Waals surface area contributed by atoms with E-state index < -0.39 is 134 Å². The van der Waals surface area contributed by atoms with Gasteiger partial charge in [0.25, 0.3) is 0 Å². The minimum absolute atomic E-state index is 0.123. The van der Waals surface area contributed by atoms with Crippen LogP contribution in [0.5, 0.6) is 92.0 Å². The maximum absolute atomic E-state index is 13.8. The topological polar surface area (TPSA) is 317 Å². The minimum Gasteiger partial charge on any atom is -0.508 e. The Morgan fingerprint density at radius 1 is 0.527 bits per heavy atom. The molecule has 18 nitrogen and oxygen atoms in total. The summed E-state index contributed by atoms with van der Waals surface area (Å²) >= 11 is 0. The van der Waals surface area contributed by atoms with E-state index in [-0.39, 0.29) is 33.8 Å². The molecule has 5 aromatic rings. The van der Waals surface area contributed by atoms with Crippen LogP contribution in [0.2, 0.25) is 0 Å². The highest BCUT2D eigenvalue weighted by molar-refractivity contribution is 5.91. The largest absolute Gasteiger partial charge is 0.508 e. The molecule has 5 aromatic carbocycles. The molecular weight excluding hydrogens is 732 g/mol. The van der Waals surface area contributed by atoms with Crippen molar-refractivity contribution < 1.29 is 90.1 Å². The first-order valence-corrected chi connectivity index (χ1v) is 16.2. The van der Waals surface area contributed by atoms with Crippen LogP contribution in [0.4, 0.5) is 0 Å². The first kappa shape index (κ1) is 34.6. The number of rotatable bonds is 1. The predicted octanol–water partition coefficient (Wildman–Crippen LogP) is 3.79. The Morgan fingerprint density at radius 2 is 1.18 bits per heavy atom. The fraction of sp³-hybridized carbons (Fsp3) is 0.162. The van der Waals surface area contributed by atoms with Gasteiger partial charge in [-0.3, -0.25) is 0 Å². The zero-order chi connectivity index (χ0) is 39.4. The summed E-state index contributed by atoms with van der Waals surface area (Å²) in [4.78, 5) is 13.8. The van der Waals surface area contributed by atoms with Gasteiger partial charge < -0.3 is 85.3 Å². The lowest BCUT2D eigenvalue weighted by atomic mass is 9.77. The number of aliphatic hydroxyl groups excluding tert-OH is 1. The van der Waals surface area contributed by atoms with Crippen molar-refractivity contribution >= 4 is 5.97 Å². The average molecular weight is 761 g/mol. The Kier molecular flexibility index (Phi) is 7.57. The van der Waals surface area contributed by atoms with Crippen LogP contribution in [0.3, 0.4) is 0 Å². The van der Waals surface area contributed by atoms with Crippen molar-refractivity contribution in [3.8, 4) is 92.0 Å². The van der Waals surface area contributed by atoms with Crippen molar-refractivity contribution in [3.63, 3.8) is 0 Å². The molecule has 9 rings (SSSR count). The lowest BCUT2D eigenvalue weighted by Crippen LogP contribution is -2.38. The maximum atomic E-state index is 13.8. The zero-order valence-electron chi connectivity index (χ0n) is 27.6. The third-order valence-corrected chi connectivity index (χ3v) is 9.72. The smallest absolute Gasteiger partial charge is 0.338 e. The van der Waals surface area contributed by atoms with Gasteiger partial charge in [-0.15, -0.1) is 0 Å². The van der Waals surface area contributed by atoms with E-state index in [0.717, 1.165) is 48.5 Å². The number of carbonyl (C=O) groups is 1. The minimum atomic E-state index is -2.02. The number of aromatic hydroxyl groups is 12. The van der Waals surface area contributed by atoms with Crippen LogP contribution >= 0.6 is 0 Å². The Bertz CT molecular complexity index is 2450. The van der Waals surface area contributed by atoms with Gasteiger partial charge >= 0.3 is 5.97 Å². The number of carbonyl (C=O) groups excluding carboxylic acids is 1. The number of aliphatic hydroxyl groups is 1. The van der Waals surface area contributed by atoms with Crippen LogP contribution in [0.1, 0.15) is 56.3 Å². The molecule has 0 saturated heterocycles. The number of fused-ring (bicyclic) bond motifs is 3. The molecule has 0 aliphatic carbocycles. The molecule has 0 aromatic heterocycles. The molecule has 18 heteroatoms. The molecule has 8 bridgehead atoms. The zero-order valence-corrected chi connectivity index (χ0v) is 27.6. The molecule has 4 aliphatic heterocycles. The first-order valence-electron chi connectivity index (χ1n) is 16.2. The summed E-state index contributed by atoms with van der Waals surface area (Å²) in [7, 11) is 0. The molecular formula is C37H28O18. The second-order valence-electron chi connectivity index (χ2n) is 13.1. The lowest BCUT2D eigenvalue weighted by Gasteiger charge is -2.41. The second-order valence-corrected chi connectivity index (χ2v) is 13.1. The third kappa shape index (κ3) is 5.25. The van der Waals surface area contributed by atoms with Gasteiger partial charge in [0.2, 0.25) is 17.2 Å². The van der Waals surface area contributed by atoms with Crippen LogP contribution in [-0.2, 0) is 11.2 Å². The van der Waals surface area contributed by atoms with Gasteiger partial charge in [0.1, 0.15) is 46.7 Å². The van der Waals surface area contributed by atoms with E-state index in [0.29, 0.717) is 0 Å². The van der Waals surface area contributed by atoms with E-state index in [2.05, 4.69) is 0 Å². The molecule has 4 aliphatic rings. The van der Waals surface area contributed by atoms with Gasteiger partial charge in [-0.2, -0.15) is 0 Å². The van der Waals surface area contributed by atoms with Gasteiger partial charge in [-0.1, -0.05) is 0 Å². The summed E-state index contributed by atoms with van der Waals surface area (Å²) in [5.74, 6) is -15.5. The standard InChI is InChI=1S/C37H28O18/c38-12-5-16(40)25-22(6-12)52-35-14-7-21(45)30(48)32(50)36(14)53-23-4-11(3-20(44)29(23)47)37(51)54-24-8-13-15(39)9-17(41)26(27(25)31(35)49)34(13)55-33(24)10-1-18(42)28(46)19(43)2-10/h1-7,9,24,27,31,33,35,38-50H,8H2/t24-,27+,31-,33-,35-/m1/s1. The highest BCUT2D eigenvalue weighted by Gasteiger charge is 2.48. The SMILES string of the molecule is O=C1O[C@@H]2Cc3c(O)cc(O)c(c3O[C@@H]2c2cc(O)c(O)c(O)c2)[C@@H]2c3c(O)cc(O)cc3O[C@H](c3cc(O)c(O)c(O)c3Oc3cc1cc(O)c3O)[C@@H]2O. The fourth-order valence-corrected chi connectivity index (χ4v) is 7.20. The van der Waals surface area contributed by atoms with Crippen molar-refractivity contribution in [3.05, 3.63) is 81.9 Å². The number of esters is 1. The number of benzene rings is 5. The summed E-state index contributed by atoms with van der Waals surface area (Å²) in [6, 6.07) is 7.19. The van der Waals surface area contributed by atoms with Gasteiger partial charge in [-0.25, -0.2) is 4.79 Å². The van der Waals surface area contributed by atoms with Crippen LogP contribution in [0, 0.1) is 0 Å². The normalized spacial score (nSPS) is 21.0. The van der Waals surface area contributed by atoms with Crippen molar-refractivity contribution in [2.24, 2.45) is 0 Å². The van der Waals surface area contributed by atoms with E-state index in [1.165, 1.54) is 0 Å². The van der Waals surface area contributed by atoms with Crippen LogP contribution in [0.15, 0.2) is 48.5 Å². The van der Waals surface area contributed by atoms with Crippen LogP contribution in [-0.4, -0.2) is 84.6 Å². The molecule has 0 saturated carbocycles. The first-order chi connectivity index (χ1) is 26.0. The van der Waals surface area contributed by atoms with E-state index >= 15 is 0 Å². The number of hydrogen-bond donors (Lipinski definition) is 13. The predicted molar refractivity (Wildman–Crippen MR) is 180 cm³/mol. The molecule has 0 fully saturated rings. The molecule has 4 heterocycles. The molecule has 0 amide bonds. The Labute approximate surface area is 306 Å². The third-order valence-electron chi connectivity index (χ3n) is 9.72. The molecule has 0 unspecified atom stereocenters. The maximum Gasteiger partial charge on any atom is 0.338 e. The monoisotopic (exact) mass is 760 g/mol. The van der Waals surface area contributed by atoms with E-state index in [4.69, 9.17) is 18.9 Å². The van der Waals surface area contributed by atoms with Gasteiger partial charge in [0.15, 0.2) is 52.5 Å². The van der Waals surface area contributed by atoms with E-state index in [1.54, 1.807) is 0 Å². The average Bonchev–Trinajstić information content (AvgIpc) is 3.12. The molecule has 0 spiro atoms. The fourth-order valence-electron chi connectivity index (χ4n) is 7.20. The molecule has 0 radical (unpaired) electrons. The van der Waals surface area contributed by atoms with Crippen LogP contribution in [0.25, 0.3) is 0 Å². The number of phenolic OH excluding ortho intramolecular Hbond substituents is 12. The van der Waals surface area contributed by atoms with Gasteiger partial charge in [-0.05, 0) is 30.3 Å². The van der Waals surface area contributed by atoms with Crippen molar-refractivity contribution in [1.82, 2.24) is 0 Å². The summed E-state index contributed by atoms with van der Waals surface area (Å²) in [5, 5.41) is 141. The molecule has 55 heavy (non-hydrogen) atoms. The number of phenols is 12. The second kappa shape index (κ2) is 12.0.